The van der Waals surface area contributed by atoms with E-state index >= 15 is 0 Å². The van der Waals surface area contributed by atoms with Crippen LogP contribution in [0, 0.1) is 11.6 Å². The van der Waals surface area contributed by atoms with Gasteiger partial charge in [-0.1, -0.05) is 11.6 Å². The predicted octanol–water partition coefficient (Wildman–Crippen LogP) is 3.44. The van der Waals surface area contributed by atoms with Gasteiger partial charge in [0.2, 0.25) is 0 Å². The highest BCUT2D eigenvalue weighted by molar-refractivity contribution is 6.30. The maximum atomic E-state index is 13.6. The third-order valence-corrected chi connectivity index (χ3v) is 7.93. The number of amides is 2. The second-order valence-corrected chi connectivity index (χ2v) is 10.4. The second kappa shape index (κ2) is 9.52. The Labute approximate surface area is 212 Å². The molecule has 0 radical (unpaired) electrons. The highest BCUT2D eigenvalue weighted by Crippen LogP contribution is 2.47. The summed E-state index contributed by atoms with van der Waals surface area (Å²) in [6, 6.07) is 8.20. The number of carbonyl (C=O) groups excluding carboxylic acids is 2. The molecule has 36 heavy (non-hydrogen) atoms. The first-order valence-electron chi connectivity index (χ1n) is 12.0. The molecule has 2 amide bonds. The molecule has 3 fully saturated rings. The first-order chi connectivity index (χ1) is 17.2. The fourth-order valence-corrected chi connectivity index (χ4v) is 5.69. The number of rotatable bonds is 6. The first kappa shape index (κ1) is 24.8. The van der Waals surface area contributed by atoms with Gasteiger partial charge in [-0.2, -0.15) is 0 Å². The molecule has 2 aromatic rings. The lowest BCUT2D eigenvalue weighted by molar-refractivity contribution is -0.140. The number of carbonyl (C=O) groups is 2. The molecule has 2 atom stereocenters. The van der Waals surface area contributed by atoms with Crippen LogP contribution in [0.1, 0.15) is 44.1 Å². The Morgan fingerprint density at radius 2 is 1.89 bits per heavy atom. The van der Waals surface area contributed by atoms with E-state index in [1.54, 1.807) is 0 Å². The third kappa shape index (κ3) is 4.86. The van der Waals surface area contributed by atoms with Crippen LogP contribution >= 0.6 is 11.6 Å². The van der Waals surface area contributed by atoms with Crippen molar-refractivity contribution in [3.63, 3.8) is 0 Å². The van der Waals surface area contributed by atoms with Crippen molar-refractivity contribution in [1.29, 1.82) is 0 Å². The quantitative estimate of drug-likeness (QED) is 0.542. The zero-order valence-electron chi connectivity index (χ0n) is 19.5. The van der Waals surface area contributed by atoms with E-state index in [2.05, 4.69) is 10.6 Å². The van der Waals surface area contributed by atoms with E-state index in [9.17, 15) is 23.5 Å². The summed E-state index contributed by atoms with van der Waals surface area (Å²) >= 11 is 5.66. The molecule has 1 aliphatic heterocycles. The number of fused-ring (bicyclic) bond motifs is 4. The van der Waals surface area contributed by atoms with Crippen molar-refractivity contribution in [3.8, 4) is 11.5 Å². The monoisotopic (exact) mass is 520 g/mol. The molecule has 2 aromatic carbocycles. The molecule has 3 aliphatic carbocycles. The van der Waals surface area contributed by atoms with E-state index < -0.39 is 29.1 Å². The molecule has 192 valence electrons. The fraction of sp³-hybridized carbons (Fsp3) is 0.462. The largest absolute Gasteiger partial charge is 0.484 e. The van der Waals surface area contributed by atoms with Crippen LogP contribution in [0.3, 0.4) is 0 Å². The Kier molecular flexibility index (Phi) is 6.55. The third-order valence-electron chi connectivity index (χ3n) is 7.62. The summed E-state index contributed by atoms with van der Waals surface area (Å²) < 4.78 is 38.2. The molecular formula is C26H27ClF2N2O5. The van der Waals surface area contributed by atoms with Crippen molar-refractivity contribution in [1.82, 2.24) is 10.6 Å². The summed E-state index contributed by atoms with van der Waals surface area (Å²) in [6.45, 7) is -0.300. The SMILES string of the molecule is O=C(COc1ccc(Cl)c(F)c1)NC12CCC(NC(=O)[C@H]3CCc4cc(F)ccc4O3)(CC1)[C@@H](O)C2. The van der Waals surface area contributed by atoms with E-state index in [1.165, 1.54) is 30.3 Å². The number of aliphatic hydroxyl groups excluding tert-OH is 1. The average Bonchev–Trinajstić information content (AvgIpc) is 2.85. The summed E-state index contributed by atoms with van der Waals surface area (Å²) in [5.41, 5.74) is -0.645. The normalized spacial score (nSPS) is 28.6. The van der Waals surface area contributed by atoms with Crippen LogP contribution in [0.5, 0.6) is 11.5 Å². The number of ether oxygens (including phenoxy) is 2. The Bertz CT molecular complexity index is 1180. The Morgan fingerprint density at radius 1 is 1.11 bits per heavy atom. The molecule has 3 N–H and O–H groups in total. The van der Waals surface area contributed by atoms with Crippen molar-refractivity contribution in [3.05, 3.63) is 58.6 Å². The van der Waals surface area contributed by atoms with Gasteiger partial charge in [0.15, 0.2) is 12.7 Å². The Balaban J connectivity index is 1.16. The highest BCUT2D eigenvalue weighted by atomic mass is 35.5. The van der Waals surface area contributed by atoms with Gasteiger partial charge < -0.3 is 25.2 Å². The van der Waals surface area contributed by atoms with E-state index in [0.29, 0.717) is 50.7 Å². The van der Waals surface area contributed by atoms with Crippen LogP contribution in [-0.4, -0.2) is 46.8 Å². The molecule has 10 heteroatoms. The van der Waals surface area contributed by atoms with Gasteiger partial charge in [0, 0.05) is 11.6 Å². The van der Waals surface area contributed by atoms with Crippen molar-refractivity contribution in [2.45, 2.75) is 68.2 Å². The maximum Gasteiger partial charge on any atom is 0.261 e. The summed E-state index contributed by atoms with van der Waals surface area (Å²) in [4.78, 5) is 25.6. The van der Waals surface area contributed by atoms with Crippen LogP contribution in [-0.2, 0) is 16.0 Å². The smallest absolute Gasteiger partial charge is 0.261 e. The number of hydrogen-bond donors (Lipinski definition) is 3. The number of aliphatic hydroxyl groups is 1. The number of benzene rings is 2. The van der Waals surface area contributed by atoms with Gasteiger partial charge in [-0.15, -0.1) is 0 Å². The van der Waals surface area contributed by atoms with Crippen molar-refractivity contribution in [2.75, 3.05) is 6.61 Å². The Hall–Kier alpha value is -2.91. The number of nitrogens with one attached hydrogen (secondary N) is 2. The lowest BCUT2D eigenvalue weighted by Gasteiger charge is -2.56. The maximum absolute atomic E-state index is 13.6. The van der Waals surface area contributed by atoms with Crippen LogP contribution < -0.4 is 20.1 Å². The van der Waals surface area contributed by atoms with Gasteiger partial charge >= 0.3 is 0 Å². The van der Waals surface area contributed by atoms with Gasteiger partial charge in [0.1, 0.15) is 23.1 Å². The van der Waals surface area contributed by atoms with Gasteiger partial charge in [0.05, 0.1) is 16.7 Å². The Morgan fingerprint density at radius 3 is 2.61 bits per heavy atom. The molecule has 1 heterocycles. The van der Waals surface area contributed by atoms with Crippen LogP contribution in [0.25, 0.3) is 0 Å². The van der Waals surface area contributed by atoms with Crippen LogP contribution in [0.15, 0.2) is 36.4 Å². The van der Waals surface area contributed by atoms with Crippen molar-refractivity contribution in [2.24, 2.45) is 0 Å². The molecule has 0 unspecified atom stereocenters. The minimum Gasteiger partial charge on any atom is -0.484 e. The van der Waals surface area contributed by atoms with Gasteiger partial charge in [-0.05, 0) is 80.8 Å². The standard InChI is InChI=1S/C26H27ClF2N2O5/c27-18-4-3-17(12-19(18)29)35-14-23(33)30-25-7-9-26(10-8-25,22(32)13-25)31-24(34)21-5-1-15-11-16(28)2-6-20(15)36-21/h2-4,6,11-12,21-22,32H,1,5,7-10,13-14H2,(H,30,33)(H,31,34)/t21-,22+,25?,26?/m1/s1. The lowest BCUT2D eigenvalue weighted by Crippen LogP contribution is -2.71. The van der Waals surface area contributed by atoms with E-state index in [1.807, 2.05) is 0 Å². The second-order valence-electron chi connectivity index (χ2n) is 9.96. The molecule has 3 saturated carbocycles. The molecule has 0 aromatic heterocycles. The minimum atomic E-state index is -0.847. The zero-order valence-corrected chi connectivity index (χ0v) is 20.2. The summed E-state index contributed by atoms with van der Waals surface area (Å²) in [5, 5.41) is 17.0. The highest BCUT2D eigenvalue weighted by Gasteiger charge is 2.55. The number of hydrogen-bond acceptors (Lipinski definition) is 5. The average molecular weight is 521 g/mol. The van der Waals surface area contributed by atoms with Crippen LogP contribution in [0.2, 0.25) is 5.02 Å². The summed E-state index contributed by atoms with van der Waals surface area (Å²) in [5.74, 6) is -0.957. The van der Waals surface area contributed by atoms with E-state index in [-0.39, 0.29) is 35.0 Å². The van der Waals surface area contributed by atoms with E-state index in [4.69, 9.17) is 21.1 Å². The number of halogens is 3. The van der Waals surface area contributed by atoms with Gasteiger partial charge in [-0.25, -0.2) is 8.78 Å². The van der Waals surface area contributed by atoms with Crippen molar-refractivity contribution < 1.29 is 33.0 Å². The van der Waals surface area contributed by atoms with Gasteiger partial charge in [-0.3, -0.25) is 9.59 Å². The lowest BCUT2D eigenvalue weighted by atomic mass is 9.59. The molecule has 2 bridgehead atoms. The van der Waals surface area contributed by atoms with Crippen LogP contribution in [0.4, 0.5) is 8.78 Å². The molecule has 7 nitrogen and oxygen atoms in total. The minimum absolute atomic E-state index is 0.0325. The molecule has 4 aliphatic rings. The summed E-state index contributed by atoms with van der Waals surface area (Å²) in [6.07, 6.45) is 1.84. The zero-order chi connectivity index (χ0) is 25.5. The fourth-order valence-electron chi connectivity index (χ4n) is 5.58. The van der Waals surface area contributed by atoms with Crippen molar-refractivity contribution >= 4 is 23.4 Å². The predicted molar refractivity (Wildman–Crippen MR) is 127 cm³/mol. The first-order valence-corrected chi connectivity index (χ1v) is 12.4. The number of aryl methyl sites for hydroxylation is 1. The van der Waals surface area contributed by atoms with Gasteiger partial charge in [0.25, 0.3) is 11.8 Å². The molecule has 0 saturated heterocycles. The molecular weight excluding hydrogens is 494 g/mol. The summed E-state index contributed by atoms with van der Waals surface area (Å²) in [7, 11) is 0. The topological polar surface area (TPSA) is 96.9 Å². The molecule has 0 spiro atoms. The molecule has 6 rings (SSSR count). The van der Waals surface area contributed by atoms with E-state index in [0.717, 1.165) is 11.6 Å².